The highest BCUT2D eigenvalue weighted by atomic mass is 19.1. The van der Waals surface area contributed by atoms with Crippen LogP contribution in [0, 0.1) is 11.2 Å². The molecular weight excluding hydrogens is 361 g/mol. The standard InChI is InChI=1S/C21H24FN3O3/c1-24-12-21(10-16(24)11-28-17-5-7-23-8-6-17)13-25(14-21)20(26)15-3-4-19(27-2)18(22)9-15/h3-9,16H,10-14H2,1-2H3. The minimum absolute atomic E-state index is 0.0989. The van der Waals surface area contributed by atoms with E-state index in [0.717, 1.165) is 18.7 Å². The molecule has 1 amide bonds. The first-order chi connectivity index (χ1) is 13.5. The molecule has 0 aliphatic carbocycles. The summed E-state index contributed by atoms with van der Waals surface area (Å²) in [6.45, 7) is 2.92. The summed E-state index contributed by atoms with van der Waals surface area (Å²) in [5, 5.41) is 0. The first kappa shape index (κ1) is 18.7. The van der Waals surface area contributed by atoms with Crippen molar-refractivity contribution in [2.24, 2.45) is 5.41 Å². The summed E-state index contributed by atoms with van der Waals surface area (Å²) < 4.78 is 24.7. The smallest absolute Gasteiger partial charge is 0.254 e. The third-order valence-corrected chi connectivity index (χ3v) is 5.71. The molecule has 2 aliphatic rings. The number of hydrogen-bond donors (Lipinski definition) is 0. The van der Waals surface area contributed by atoms with Crippen LogP contribution in [0.5, 0.6) is 11.5 Å². The van der Waals surface area contributed by atoms with Gasteiger partial charge >= 0.3 is 0 Å². The number of benzene rings is 1. The van der Waals surface area contributed by atoms with Crippen molar-refractivity contribution in [3.05, 3.63) is 54.1 Å². The number of hydrogen-bond acceptors (Lipinski definition) is 5. The normalized spacial score (nSPS) is 20.8. The fourth-order valence-electron chi connectivity index (χ4n) is 4.31. The molecule has 2 aromatic rings. The number of likely N-dealkylation sites (N-methyl/N-ethyl adjacent to an activating group) is 1. The second-order valence-corrected chi connectivity index (χ2v) is 7.78. The van der Waals surface area contributed by atoms with Gasteiger partial charge in [0.2, 0.25) is 0 Å². The number of aromatic nitrogens is 1. The molecule has 3 heterocycles. The second kappa shape index (κ2) is 7.39. The van der Waals surface area contributed by atoms with Gasteiger partial charge in [-0.15, -0.1) is 0 Å². The van der Waals surface area contributed by atoms with Crippen molar-refractivity contribution in [3.63, 3.8) is 0 Å². The lowest BCUT2D eigenvalue weighted by atomic mass is 9.77. The lowest BCUT2D eigenvalue weighted by Gasteiger charge is -2.48. The molecule has 1 aromatic heterocycles. The summed E-state index contributed by atoms with van der Waals surface area (Å²) in [6, 6.07) is 8.36. The van der Waals surface area contributed by atoms with E-state index in [1.165, 1.54) is 19.2 Å². The molecule has 1 spiro atoms. The van der Waals surface area contributed by atoms with Gasteiger partial charge in [0.15, 0.2) is 11.6 Å². The monoisotopic (exact) mass is 385 g/mol. The molecule has 1 atom stereocenters. The zero-order chi connectivity index (χ0) is 19.7. The zero-order valence-corrected chi connectivity index (χ0v) is 16.1. The quantitative estimate of drug-likeness (QED) is 0.791. The molecule has 148 valence electrons. The van der Waals surface area contributed by atoms with E-state index in [1.807, 2.05) is 12.1 Å². The molecule has 1 unspecified atom stereocenters. The number of ether oxygens (including phenoxy) is 2. The van der Waals surface area contributed by atoms with Crippen molar-refractivity contribution in [2.45, 2.75) is 12.5 Å². The molecule has 6 nitrogen and oxygen atoms in total. The summed E-state index contributed by atoms with van der Waals surface area (Å²) >= 11 is 0. The van der Waals surface area contributed by atoms with E-state index in [0.29, 0.717) is 31.3 Å². The van der Waals surface area contributed by atoms with Crippen molar-refractivity contribution in [3.8, 4) is 11.5 Å². The minimum Gasteiger partial charge on any atom is -0.494 e. The summed E-state index contributed by atoms with van der Waals surface area (Å²) in [4.78, 5) is 20.8. The maximum absolute atomic E-state index is 13.9. The van der Waals surface area contributed by atoms with Gasteiger partial charge in [0.1, 0.15) is 12.4 Å². The molecule has 0 N–H and O–H groups in total. The highest BCUT2D eigenvalue weighted by molar-refractivity contribution is 5.95. The first-order valence-electron chi connectivity index (χ1n) is 9.36. The van der Waals surface area contributed by atoms with Gasteiger partial charge in [-0.3, -0.25) is 14.7 Å². The average molecular weight is 385 g/mol. The zero-order valence-electron chi connectivity index (χ0n) is 16.1. The van der Waals surface area contributed by atoms with Crippen molar-refractivity contribution >= 4 is 5.91 Å². The van der Waals surface area contributed by atoms with Crippen LogP contribution in [0.15, 0.2) is 42.7 Å². The van der Waals surface area contributed by atoms with Crippen molar-refractivity contribution in [1.29, 1.82) is 0 Å². The topological polar surface area (TPSA) is 54.9 Å². The van der Waals surface area contributed by atoms with E-state index in [2.05, 4.69) is 16.9 Å². The lowest BCUT2D eigenvalue weighted by molar-refractivity contribution is 0.0114. The van der Waals surface area contributed by atoms with Gasteiger partial charge in [-0.1, -0.05) is 0 Å². The maximum Gasteiger partial charge on any atom is 0.254 e. The van der Waals surface area contributed by atoms with Crippen LogP contribution in [-0.2, 0) is 0 Å². The Morgan fingerprint density at radius 2 is 2.00 bits per heavy atom. The number of carbonyl (C=O) groups excluding carboxylic acids is 1. The first-order valence-corrected chi connectivity index (χ1v) is 9.36. The summed E-state index contributed by atoms with van der Waals surface area (Å²) in [6.07, 6.45) is 4.41. The van der Waals surface area contributed by atoms with Crippen molar-refractivity contribution in [2.75, 3.05) is 40.4 Å². The summed E-state index contributed by atoms with van der Waals surface area (Å²) in [5.74, 6) is 0.311. The molecule has 4 rings (SSSR count). The van der Waals surface area contributed by atoms with Gasteiger partial charge in [-0.2, -0.15) is 0 Å². The number of carbonyl (C=O) groups is 1. The van der Waals surface area contributed by atoms with Crippen LogP contribution in [0.1, 0.15) is 16.8 Å². The van der Waals surface area contributed by atoms with Crippen LogP contribution in [0.4, 0.5) is 4.39 Å². The Bertz CT molecular complexity index is 855. The van der Waals surface area contributed by atoms with Crippen LogP contribution < -0.4 is 9.47 Å². The fourth-order valence-corrected chi connectivity index (χ4v) is 4.31. The molecule has 0 bridgehead atoms. The van der Waals surface area contributed by atoms with Gasteiger partial charge in [0.05, 0.1) is 7.11 Å². The van der Waals surface area contributed by atoms with Gasteiger partial charge < -0.3 is 14.4 Å². The van der Waals surface area contributed by atoms with Crippen molar-refractivity contribution < 1.29 is 18.7 Å². The van der Waals surface area contributed by atoms with E-state index in [9.17, 15) is 9.18 Å². The number of likely N-dealkylation sites (tertiary alicyclic amines) is 2. The second-order valence-electron chi connectivity index (χ2n) is 7.78. The highest BCUT2D eigenvalue weighted by Gasteiger charge is 2.52. The maximum atomic E-state index is 13.9. The van der Waals surface area contributed by atoms with E-state index in [4.69, 9.17) is 9.47 Å². The number of pyridine rings is 1. The molecule has 28 heavy (non-hydrogen) atoms. The Morgan fingerprint density at radius 3 is 2.68 bits per heavy atom. The SMILES string of the molecule is COc1ccc(C(=O)N2CC3(CC(COc4ccncc4)N(C)C3)C2)cc1F. The van der Waals surface area contributed by atoms with Gasteiger partial charge in [0, 0.05) is 49.0 Å². The fraction of sp³-hybridized carbons (Fsp3) is 0.429. The van der Waals surface area contributed by atoms with E-state index in [-0.39, 0.29) is 17.1 Å². The summed E-state index contributed by atoms with van der Waals surface area (Å²) in [7, 11) is 3.50. The number of nitrogens with zero attached hydrogens (tertiary/aromatic N) is 3. The predicted octanol–water partition coefficient (Wildman–Crippen LogP) is 2.45. The third kappa shape index (κ3) is 3.54. The average Bonchev–Trinajstić information content (AvgIpc) is 3.02. The van der Waals surface area contributed by atoms with Gasteiger partial charge in [-0.05, 0) is 43.8 Å². The van der Waals surface area contributed by atoms with Gasteiger partial charge in [0.25, 0.3) is 5.91 Å². The minimum atomic E-state index is -0.516. The number of halogens is 1. The Hall–Kier alpha value is -2.67. The molecular formula is C21H24FN3O3. The molecule has 2 aliphatic heterocycles. The van der Waals surface area contributed by atoms with Crippen LogP contribution in [0.2, 0.25) is 0 Å². The van der Waals surface area contributed by atoms with Crippen LogP contribution >= 0.6 is 0 Å². The largest absolute Gasteiger partial charge is 0.494 e. The highest BCUT2D eigenvalue weighted by Crippen LogP contribution is 2.42. The number of methoxy groups -OCH3 is 1. The van der Waals surface area contributed by atoms with E-state index >= 15 is 0 Å². The number of amides is 1. The Labute approximate surface area is 163 Å². The Morgan fingerprint density at radius 1 is 1.25 bits per heavy atom. The van der Waals surface area contributed by atoms with Crippen LogP contribution in [0.25, 0.3) is 0 Å². The van der Waals surface area contributed by atoms with E-state index < -0.39 is 5.82 Å². The Kier molecular flexibility index (Phi) is 4.93. The predicted molar refractivity (Wildman–Crippen MR) is 102 cm³/mol. The van der Waals surface area contributed by atoms with E-state index in [1.54, 1.807) is 23.4 Å². The molecule has 1 aromatic carbocycles. The number of rotatable bonds is 5. The molecule has 0 saturated carbocycles. The molecule has 7 heteroatoms. The Balaban J connectivity index is 1.33. The third-order valence-electron chi connectivity index (χ3n) is 5.71. The van der Waals surface area contributed by atoms with Crippen LogP contribution in [0.3, 0.4) is 0 Å². The van der Waals surface area contributed by atoms with Gasteiger partial charge in [-0.25, -0.2) is 4.39 Å². The lowest BCUT2D eigenvalue weighted by Crippen LogP contribution is -2.59. The van der Waals surface area contributed by atoms with Crippen molar-refractivity contribution in [1.82, 2.24) is 14.8 Å². The molecule has 2 fully saturated rings. The van der Waals surface area contributed by atoms with Crippen LogP contribution in [-0.4, -0.2) is 67.1 Å². The summed E-state index contributed by atoms with van der Waals surface area (Å²) in [5.41, 5.74) is 0.457. The molecule has 2 saturated heterocycles. The molecule has 0 radical (unpaired) electrons.